The van der Waals surface area contributed by atoms with E-state index in [2.05, 4.69) is 4.90 Å². The SMILES string of the molecule is O=C(CN1CCOC2CCCCC21)N1CCN(S(=O)(=O)c2ccc3c(c2)CCC3)CC1. The summed E-state index contributed by atoms with van der Waals surface area (Å²) in [7, 11) is -3.51. The third-order valence-corrected chi connectivity index (χ3v) is 9.38. The molecular formula is C23H33N3O4S. The Morgan fingerprint density at radius 3 is 2.58 bits per heavy atom. The van der Waals surface area contributed by atoms with E-state index in [-0.39, 0.29) is 12.0 Å². The number of morpholine rings is 1. The van der Waals surface area contributed by atoms with Gasteiger partial charge in [-0.25, -0.2) is 8.42 Å². The van der Waals surface area contributed by atoms with Crippen molar-refractivity contribution in [3.8, 4) is 0 Å². The first-order valence-electron chi connectivity index (χ1n) is 11.8. The molecule has 4 aliphatic rings. The molecule has 8 heteroatoms. The number of rotatable bonds is 4. The monoisotopic (exact) mass is 447 g/mol. The second kappa shape index (κ2) is 8.81. The van der Waals surface area contributed by atoms with Crippen LogP contribution in [0.5, 0.6) is 0 Å². The molecule has 2 aliphatic carbocycles. The molecule has 1 aromatic rings. The highest BCUT2D eigenvalue weighted by atomic mass is 32.2. The van der Waals surface area contributed by atoms with Gasteiger partial charge in [0.05, 0.1) is 24.2 Å². The van der Waals surface area contributed by atoms with Crippen molar-refractivity contribution in [3.63, 3.8) is 0 Å². The van der Waals surface area contributed by atoms with Crippen LogP contribution < -0.4 is 0 Å². The molecule has 0 aromatic heterocycles. The molecule has 0 N–H and O–H groups in total. The lowest BCUT2D eigenvalue weighted by Gasteiger charge is -2.44. The minimum Gasteiger partial charge on any atom is -0.375 e. The summed E-state index contributed by atoms with van der Waals surface area (Å²) in [6, 6.07) is 5.92. The molecule has 2 unspecified atom stereocenters. The Balaban J connectivity index is 1.18. The van der Waals surface area contributed by atoms with Gasteiger partial charge in [0.25, 0.3) is 0 Å². The molecule has 2 heterocycles. The van der Waals surface area contributed by atoms with E-state index in [1.54, 1.807) is 10.4 Å². The van der Waals surface area contributed by atoms with E-state index in [0.717, 1.165) is 38.6 Å². The average Bonchev–Trinajstić information content (AvgIpc) is 3.27. The van der Waals surface area contributed by atoms with E-state index in [1.807, 2.05) is 17.0 Å². The Bertz CT molecular complexity index is 925. The fraction of sp³-hybridized carbons (Fsp3) is 0.696. The van der Waals surface area contributed by atoms with Crippen LogP contribution in [-0.2, 0) is 32.4 Å². The highest BCUT2D eigenvalue weighted by Gasteiger charge is 2.36. The van der Waals surface area contributed by atoms with Crippen LogP contribution in [0.15, 0.2) is 23.1 Å². The van der Waals surface area contributed by atoms with Gasteiger partial charge in [0.15, 0.2) is 0 Å². The smallest absolute Gasteiger partial charge is 0.243 e. The maximum Gasteiger partial charge on any atom is 0.243 e. The molecule has 0 radical (unpaired) electrons. The van der Waals surface area contributed by atoms with Crippen molar-refractivity contribution in [1.82, 2.24) is 14.1 Å². The third-order valence-electron chi connectivity index (χ3n) is 7.48. The number of hydrogen-bond donors (Lipinski definition) is 0. The van der Waals surface area contributed by atoms with Gasteiger partial charge in [-0.2, -0.15) is 4.31 Å². The number of amides is 1. The zero-order valence-corrected chi connectivity index (χ0v) is 19.0. The predicted molar refractivity (Wildman–Crippen MR) is 117 cm³/mol. The van der Waals surface area contributed by atoms with Gasteiger partial charge in [-0.1, -0.05) is 18.9 Å². The highest BCUT2D eigenvalue weighted by molar-refractivity contribution is 7.89. The summed E-state index contributed by atoms with van der Waals surface area (Å²) >= 11 is 0. The van der Waals surface area contributed by atoms with Crippen LogP contribution in [0.2, 0.25) is 0 Å². The molecule has 0 spiro atoms. The Hall–Kier alpha value is -1.48. The number of fused-ring (bicyclic) bond motifs is 2. The second-order valence-electron chi connectivity index (χ2n) is 9.30. The molecule has 7 nitrogen and oxygen atoms in total. The number of carbonyl (C=O) groups excluding carboxylic acids is 1. The molecule has 1 saturated carbocycles. The van der Waals surface area contributed by atoms with E-state index < -0.39 is 10.0 Å². The fourth-order valence-corrected chi connectivity index (χ4v) is 7.16. The van der Waals surface area contributed by atoms with Crippen LogP contribution in [0.3, 0.4) is 0 Å². The molecule has 170 valence electrons. The van der Waals surface area contributed by atoms with Crippen LogP contribution in [0.1, 0.15) is 43.2 Å². The van der Waals surface area contributed by atoms with E-state index in [9.17, 15) is 13.2 Å². The van der Waals surface area contributed by atoms with Crippen molar-refractivity contribution in [2.75, 3.05) is 45.9 Å². The first-order chi connectivity index (χ1) is 15.0. The van der Waals surface area contributed by atoms with Gasteiger partial charge in [0, 0.05) is 38.8 Å². The zero-order chi connectivity index (χ0) is 21.4. The average molecular weight is 448 g/mol. The Kier molecular flexibility index (Phi) is 6.07. The number of aryl methyl sites for hydroxylation is 2. The number of nitrogens with zero attached hydrogens (tertiary/aromatic N) is 3. The maximum absolute atomic E-state index is 13.1. The number of sulfonamides is 1. The Labute approximate surface area is 185 Å². The summed E-state index contributed by atoms with van der Waals surface area (Å²) < 4.78 is 33.7. The number of piperazine rings is 1. The highest BCUT2D eigenvalue weighted by Crippen LogP contribution is 2.29. The molecule has 2 aliphatic heterocycles. The van der Waals surface area contributed by atoms with Crippen molar-refractivity contribution in [2.24, 2.45) is 0 Å². The van der Waals surface area contributed by atoms with Crippen LogP contribution in [0, 0.1) is 0 Å². The lowest BCUT2D eigenvalue weighted by molar-refractivity contribution is -0.140. The van der Waals surface area contributed by atoms with Gasteiger partial charge < -0.3 is 9.64 Å². The van der Waals surface area contributed by atoms with Gasteiger partial charge in [-0.15, -0.1) is 0 Å². The maximum atomic E-state index is 13.1. The summed E-state index contributed by atoms with van der Waals surface area (Å²) in [5.41, 5.74) is 2.44. The van der Waals surface area contributed by atoms with Gasteiger partial charge in [-0.05, 0) is 55.4 Å². The summed E-state index contributed by atoms with van der Waals surface area (Å²) in [6.07, 6.45) is 7.98. The van der Waals surface area contributed by atoms with Crippen LogP contribution >= 0.6 is 0 Å². The summed E-state index contributed by atoms with van der Waals surface area (Å²) in [5, 5.41) is 0. The minimum atomic E-state index is -3.51. The normalized spacial score (nSPS) is 27.7. The summed E-state index contributed by atoms with van der Waals surface area (Å²) in [6.45, 7) is 3.56. The fourth-order valence-electron chi connectivity index (χ4n) is 5.68. The minimum absolute atomic E-state index is 0.112. The first kappa shape index (κ1) is 21.4. The van der Waals surface area contributed by atoms with Crippen molar-refractivity contribution >= 4 is 15.9 Å². The standard InChI is InChI=1S/C23H33N3O4S/c27-23(17-25-14-15-30-22-7-2-1-6-21(22)25)24-10-12-26(13-11-24)31(28,29)20-9-8-18-4-3-5-19(18)16-20/h8-9,16,21-22H,1-7,10-15,17H2. The van der Waals surface area contributed by atoms with E-state index in [4.69, 9.17) is 4.74 Å². The summed E-state index contributed by atoms with van der Waals surface area (Å²) in [4.78, 5) is 17.5. The number of benzene rings is 1. The lowest BCUT2D eigenvalue weighted by Crippen LogP contribution is -2.57. The van der Waals surface area contributed by atoms with Gasteiger partial charge in [0.1, 0.15) is 0 Å². The molecule has 5 rings (SSSR count). The molecule has 0 bridgehead atoms. The molecule has 31 heavy (non-hydrogen) atoms. The van der Waals surface area contributed by atoms with Crippen molar-refractivity contribution < 1.29 is 17.9 Å². The van der Waals surface area contributed by atoms with Crippen molar-refractivity contribution in [1.29, 1.82) is 0 Å². The lowest BCUT2D eigenvalue weighted by atomic mass is 9.90. The molecule has 1 amide bonds. The van der Waals surface area contributed by atoms with Crippen molar-refractivity contribution in [2.45, 2.75) is 62.0 Å². The van der Waals surface area contributed by atoms with Crippen LogP contribution in [0.4, 0.5) is 0 Å². The van der Waals surface area contributed by atoms with E-state index in [0.29, 0.717) is 50.3 Å². The van der Waals surface area contributed by atoms with Gasteiger partial charge >= 0.3 is 0 Å². The molecule has 2 saturated heterocycles. The zero-order valence-electron chi connectivity index (χ0n) is 18.2. The molecule has 2 atom stereocenters. The number of carbonyl (C=O) groups is 1. The van der Waals surface area contributed by atoms with Crippen LogP contribution in [-0.4, -0.2) is 86.5 Å². The molecule has 3 fully saturated rings. The second-order valence-corrected chi connectivity index (χ2v) is 11.2. The summed E-state index contributed by atoms with van der Waals surface area (Å²) in [5.74, 6) is 0.112. The third kappa shape index (κ3) is 4.27. The van der Waals surface area contributed by atoms with Gasteiger partial charge in [0.2, 0.25) is 15.9 Å². The largest absolute Gasteiger partial charge is 0.375 e. The molecule has 1 aromatic carbocycles. The quantitative estimate of drug-likeness (QED) is 0.702. The number of hydrogen-bond acceptors (Lipinski definition) is 5. The Morgan fingerprint density at radius 2 is 1.74 bits per heavy atom. The number of ether oxygens (including phenoxy) is 1. The predicted octanol–water partition coefficient (Wildman–Crippen LogP) is 1.65. The van der Waals surface area contributed by atoms with E-state index in [1.165, 1.54) is 24.0 Å². The molecular weight excluding hydrogens is 414 g/mol. The van der Waals surface area contributed by atoms with Crippen molar-refractivity contribution in [3.05, 3.63) is 29.3 Å². The van der Waals surface area contributed by atoms with Gasteiger partial charge in [-0.3, -0.25) is 9.69 Å². The van der Waals surface area contributed by atoms with E-state index >= 15 is 0 Å². The first-order valence-corrected chi connectivity index (χ1v) is 13.2. The van der Waals surface area contributed by atoms with Crippen LogP contribution in [0.25, 0.3) is 0 Å². The topological polar surface area (TPSA) is 70.2 Å². The Morgan fingerprint density at radius 1 is 0.968 bits per heavy atom.